The fourth-order valence-corrected chi connectivity index (χ4v) is 4.29. The minimum atomic E-state index is 0.0518. The van der Waals surface area contributed by atoms with Crippen molar-refractivity contribution in [3.8, 4) is 11.4 Å². The maximum absolute atomic E-state index is 12.7. The highest BCUT2D eigenvalue weighted by Crippen LogP contribution is 2.33. The summed E-state index contributed by atoms with van der Waals surface area (Å²) in [7, 11) is 0. The molecule has 1 aromatic heterocycles. The summed E-state index contributed by atoms with van der Waals surface area (Å²) in [6.07, 6.45) is 4.18. The molecule has 1 N–H and O–H groups in total. The van der Waals surface area contributed by atoms with Gasteiger partial charge >= 0.3 is 0 Å². The minimum absolute atomic E-state index is 0.0518. The third kappa shape index (κ3) is 2.80. The first kappa shape index (κ1) is 15.6. The molecule has 1 aromatic carbocycles. The van der Waals surface area contributed by atoms with E-state index in [1.165, 1.54) is 12.8 Å². The highest BCUT2D eigenvalue weighted by Gasteiger charge is 2.38. The van der Waals surface area contributed by atoms with Crippen LogP contribution in [0.25, 0.3) is 11.4 Å². The topological polar surface area (TPSA) is 49.0 Å². The molecular formula is C20H25N3O. The van der Waals surface area contributed by atoms with Gasteiger partial charge in [-0.3, -0.25) is 9.69 Å². The molecule has 2 aromatic rings. The molecule has 0 spiro atoms. The lowest BCUT2D eigenvalue weighted by molar-refractivity contribution is 0.175. The Morgan fingerprint density at radius 2 is 1.88 bits per heavy atom. The van der Waals surface area contributed by atoms with Crippen molar-refractivity contribution in [2.24, 2.45) is 5.92 Å². The number of nitrogens with zero attached hydrogens (tertiary/aromatic N) is 2. The van der Waals surface area contributed by atoms with Crippen LogP contribution in [0.2, 0.25) is 0 Å². The average Bonchev–Trinajstić information content (AvgIpc) is 2.83. The van der Waals surface area contributed by atoms with Gasteiger partial charge in [0.25, 0.3) is 5.56 Å². The van der Waals surface area contributed by atoms with Crippen molar-refractivity contribution in [2.75, 3.05) is 6.54 Å². The van der Waals surface area contributed by atoms with E-state index in [2.05, 4.69) is 23.7 Å². The Labute approximate surface area is 142 Å². The molecule has 0 radical (unpaired) electrons. The molecule has 2 bridgehead atoms. The van der Waals surface area contributed by atoms with E-state index in [1.807, 2.05) is 30.3 Å². The lowest BCUT2D eigenvalue weighted by Crippen LogP contribution is -2.39. The second-order valence-corrected chi connectivity index (χ2v) is 7.59. The lowest BCUT2D eigenvalue weighted by Gasteiger charge is -2.29. The summed E-state index contributed by atoms with van der Waals surface area (Å²) in [5.41, 5.74) is 2.95. The lowest BCUT2D eigenvalue weighted by atomic mass is 9.98. The molecule has 2 aliphatic rings. The Kier molecular flexibility index (Phi) is 4.01. The minimum Gasteiger partial charge on any atom is -0.306 e. The molecule has 1 fully saturated rings. The van der Waals surface area contributed by atoms with E-state index in [0.29, 0.717) is 23.8 Å². The SMILES string of the molecule is CC(C)CN1C2CCC1Cc1c(nc(-c3ccccc3)[nH]c1=O)C2. The highest BCUT2D eigenvalue weighted by atomic mass is 16.1. The van der Waals surface area contributed by atoms with Crippen molar-refractivity contribution in [3.05, 3.63) is 51.9 Å². The van der Waals surface area contributed by atoms with Crippen LogP contribution in [-0.2, 0) is 12.8 Å². The molecule has 4 rings (SSSR count). The smallest absolute Gasteiger partial charge is 0.254 e. The second-order valence-electron chi connectivity index (χ2n) is 7.59. The van der Waals surface area contributed by atoms with Gasteiger partial charge in [0.15, 0.2) is 0 Å². The van der Waals surface area contributed by atoms with Crippen molar-refractivity contribution >= 4 is 0 Å². The van der Waals surface area contributed by atoms with E-state index in [1.54, 1.807) is 0 Å². The molecule has 3 heterocycles. The largest absolute Gasteiger partial charge is 0.306 e. The summed E-state index contributed by atoms with van der Waals surface area (Å²) < 4.78 is 0. The number of H-pyrrole nitrogens is 1. The Bertz CT molecular complexity index is 781. The first-order valence-electron chi connectivity index (χ1n) is 9.05. The Morgan fingerprint density at radius 3 is 2.58 bits per heavy atom. The van der Waals surface area contributed by atoms with Gasteiger partial charge in [0.2, 0.25) is 0 Å². The van der Waals surface area contributed by atoms with E-state index in [4.69, 9.17) is 4.98 Å². The third-order valence-corrected chi connectivity index (χ3v) is 5.36. The van der Waals surface area contributed by atoms with E-state index in [-0.39, 0.29) is 5.56 Å². The molecule has 126 valence electrons. The summed E-state index contributed by atoms with van der Waals surface area (Å²) in [4.78, 5) is 23.2. The zero-order valence-corrected chi connectivity index (χ0v) is 14.5. The molecular weight excluding hydrogens is 298 g/mol. The predicted octanol–water partition coefficient (Wildman–Crippen LogP) is 3.02. The fourth-order valence-electron chi connectivity index (χ4n) is 4.29. The first-order valence-corrected chi connectivity index (χ1v) is 9.05. The third-order valence-electron chi connectivity index (χ3n) is 5.36. The van der Waals surface area contributed by atoms with Crippen LogP contribution < -0.4 is 5.56 Å². The van der Waals surface area contributed by atoms with Gasteiger partial charge in [-0.15, -0.1) is 0 Å². The van der Waals surface area contributed by atoms with Crippen molar-refractivity contribution in [1.29, 1.82) is 0 Å². The molecule has 0 amide bonds. The zero-order chi connectivity index (χ0) is 16.7. The van der Waals surface area contributed by atoms with Crippen LogP contribution in [0.4, 0.5) is 0 Å². The standard InChI is InChI=1S/C20H25N3O/c1-13(2)12-23-15-8-9-16(23)11-18-17(10-15)20(24)22-19(21-18)14-6-4-3-5-7-14/h3-7,13,15-16H,8-12H2,1-2H3,(H,21,22,24). The van der Waals surface area contributed by atoms with Gasteiger partial charge in [-0.2, -0.15) is 0 Å². The number of hydrogen-bond donors (Lipinski definition) is 1. The van der Waals surface area contributed by atoms with Crippen molar-refractivity contribution < 1.29 is 0 Å². The summed E-state index contributed by atoms with van der Waals surface area (Å²) in [5.74, 6) is 1.35. The highest BCUT2D eigenvalue weighted by molar-refractivity contribution is 5.54. The molecule has 1 saturated heterocycles. The van der Waals surface area contributed by atoms with Crippen LogP contribution in [0.5, 0.6) is 0 Å². The summed E-state index contributed by atoms with van der Waals surface area (Å²) in [6.45, 7) is 5.67. The quantitative estimate of drug-likeness (QED) is 0.944. The van der Waals surface area contributed by atoms with Crippen LogP contribution >= 0.6 is 0 Å². The van der Waals surface area contributed by atoms with E-state index < -0.39 is 0 Å². The molecule has 4 heteroatoms. The molecule has 2 atom stereocenters. The van der Waals surface area contributed by atoms with Gasteiger partial charge in [-0.1, -0.05) is 44.2 Å². The normalized spacial score (nSPS) is 23.3. The van der Waals surface area contributed by atoms with Crippen LogP contribution in [0.1, 0.15) is 37.9 Å². The molecule has 2 unspecified atom stereocenters. The molecule has 4 nitrogen and oxygen atoms in total. The Hall–Kier alpha value is -1.94. The average molecular weight is 323 g/mol. The van der Waals surface area contributed by atoms with Crippen LogP contribution in [0.3, 0.4) is 0 Å². The van der Waals surface area contributed by atoms with Crippen LogP contribution in [0.15, 0.2) is 35.1 Å². The van der Waals surface area contributed by atoms with Gasteiger partial charge in [0, 0.05) is 36.2 Å². The van der Waals surface area contributed by atoms with Gasteiger partial charge in [0.05, 0.1) is 5.69 Å². The fraction of sp³-hybridized carbons (Fsp3) is 0.500. The monoisotopic (exact) mass is 323 g/mol. The summed E-state index contributed by atoms with van der Waals surface area (Å²) in [6, 6.07) is 11.0. The number of aromatic nitrogens is 2. The van der Waals surface area contributed by atoms with Gasteiger partial charge in [-0.05, 0) is 25.2 Å². The summed E-state index contributed by atoms with van der Waals surface area (Å²) >= 11 is 0. The number of benzene rings is 1. The maximum Gasteiger partial charge on any atom is 0.254 e. The molecule has 0 aliphatic carbocycles. The molecule has 24 heavy (non-hydrogen) atoms. The predicted molar refractivity (Wildman–Crippen MR) is 96.1 cm³/mol. The van der Waals surface area contributed by atoms with Crippen molar-refractivity contribution in [2.45, 2.75) is 51.6 Å². The van der Waals surface area contributed by atoms with E-state index in [9.17, 15) is 4.79 Å². The zero-order valence-electron chi connectivity index (χ0n) is 14.5. The van der Waals surface area contributed by atoms with Gasteiger partial charge in [-0.25, -0.2) is 4.98 Å². The summed E-state index contributed by atoms with van der Waals surface area (Å²) in [5, 5.41) is 0. The van der Waals surface area contributed by atoms with Crippen molar-refractivity contribution in [1.82, 2.24) is 14.9 Å². The maximum atomic E-state index is 12.7. The molecule has 2 aliphatic heterocycles. The number of nitrogens with one attached hydrogen (secondary N) is 1. The van der Waals surface area contributed by atoms with E-state index >= 15 is 0 Å². The number of hydrogen-bond acceptors (Lipinski definition) is 3. The van der Waals surface area contributed by atoms with Gasteiger partial charge < -0.3 is 4.98 Å². The first-order chi connectivity index (χ1) is 11.6. The van der Waals surface area contributed by atoms with Gasteiger partial charge in [0.1, 0.15) is 5.82 Å². The van der Waals surface area contributed by atoms with Crippen LogP contribution in [-0.4, -0.2) is 33.5 Å². The number of aromatic amines is 1. The van der Waals surface area contributed by atoms with E-state index in [0.717, 1.165) is 36.2 Å². The second kappa shape index (κ2) is 6.17. The number of fused-ring (bicyclic) bond motifs is 3. The van der Waals surface area contributed by atoms with Crippen LogP contribution in [0, 0.1) is 5.92 Å². The molecule has 0 saturated carbocycles. The van der Waals surface area contributed by atoms with Crippen molar-refractivity contribution in [3.63, 3.8) is 0 Å². The number of rotatable bonds is 3. The Morgan fingerprint density at radius 1 is 1.17 bits per heavy atom. The Balaban J connectivity index is 1.72.